The van der Waals surface area contributed by atoms with E-state index in [9.17, 15) is 0 Å². The van der Waals surface area contributed by atoms with Crippen molar-refractivity contribution in [1.82, 2.24) is 9.97 Å². The fraction of sp³-hybridized carbons (Fsp3) is 0.667. The highest BCUT2D eigenvalue weighted by atomic mass is 127. The Hall–Kier alpha value is -0.630. The van der Waals surface area contributed by atoms with Gasteiger partial charge in [0.15, 0.2) is 0 Å². The molecule has 0 spiro atoms. The molecule has 1 saturated heterocycles. The summed E-state index contributed by atoms with van der Waals surface area (Å²) in [5.41, 5.74) is 6.99. The summed E-state index contributed by atoms with van der Waals surface area (Å²) in [7, 11) is 0. The maximum Gasteiger partial charge on any atom is 0.227 e. The Balaban J connectivity index is 2.40. The maximum atomic E-state index is 6.01. The van der Waals surface area contributed by atoms with Gasteiger partial charge in [-0.25, -0.2) is 4.98 Å². The molecule has 2 heterocycles. The van der Waals surface area contributed by atoms with Crippen LogP contribution in [0, 0.1) is 3.57 Å². The van der Waals surface area contributed by atoms with E-state index in [1.54, 1.807) is 0 Å². The van der Waals surface area contributed by atoms with Gasteiger partial charge in [0.2, 0.25) is 5.95 Å². The summed E-state index contributed by atoms with van der Waals surface area (Å²) in [5.74, 6) is 1.29. The summed E-state index contributed by atoms with van der Waals surface area (Å²) in [4.78, 5) is 11.2. The summed E-state index contributed by atoms with van der Waals surface area (Å²) in [6.07, 6.45) is 0. The second-order valence-electron chi connectivity index (χ2n) is 5.42. The molecule has 0 aromatic carbocycles. The molecule has 5 nitrogen and oxygen atoms in total. The van der Waals surface area contributed by atoms with Crippen LogP contribution >= 0.6 is 22.6 Å². The van der Waals surface area contributed by atoms with E-state index in [4.69, 9.17) is 15.5 Å². The van der Waals surface area contributed by atoms with Crippen LogP contribution in [0.25, 0.3) is 0 Å². The zero-order chi connectivity index (χ0) is 13.3. The fourth-order valence-electron chi connectivity index (χ4n) is 1.85. The topological polar surface area (TPSA) is 64.3 Å². The maximum absolute atomic E-state index is 6.01. The van der Waals surface area contributed by atoms with Crippen LogP contribution in [0.1, 0.15) is 26.5 Å². The van der Waals surface area contributed by atoms with Crippen molar-refractivity contribution in [3.63, 3.8) is 0 Å². The number of halogens is 1. The first kappa shape index (κ1) is 13.8. The van der Waals surface area contributed by atoms with Crippen LogP contribution in [0.15, 0.2) is 0 Å². The van der Waals surface area contributed by atoms with Gasteiger partial charge >= 0.3 is 0 Å². The number of rotatable bonds is 1. The van der Waals surface area contributed by atoms with E-state index in [-0.39, 0.29) is 5.41 Å². The van der Waals surface area contributed by atoms with Crippen LogP contribution in [-0.4, -0.2) is 36.3 Å². The average molecular weight is 362 g/mol. The molecule has 0 amide bonds. The summed E-state index contributed by atoms with van der Waals surface area (Å²) in [6.45, 7) is 9.51. The molecular formula is C12H19IN4O. The van der Waals surface area contributed by atoms with E-state index in [1.807, 2.05) is 0 Å². The number of morpholine rings is 1. The van der Waals surface area contributed by atoms with Crippen molar-refractivity contribution in [2.75, 3.05) is 36.9 Å². The number of nitrogens with two attached hydrogens (primary N) is 1. The monoisotopic (exact) mass is 362 g/mol. The summed E-state index contributed by atoms with van der Waals surface area (Å²) < 4.78 is 6.30. The predicted octanol–water partition coefficient (Wildman–Crippen LogP) is 1.80. The lowest BCUT2D eigenvalue weighted by molar-refractivity contribution is 0.122. The van der Waals surface area contributed by atoms with Gasteiger partial charge in [0, 0.05) is 18.5 Å². The van der Waals surface area contributed by atoms with E-state index in [0.29, 0.717) is 5.82 Å². The predicted molar refractivity (Wildman–Crippen MR) is 80.9 cm³/mol. The van der Waals surface area contributed by atoms with E-state index in [2.05, 4.69) is 53.2 Å². The van der Waals surface area contributed by atoms with Crippen molar-refractivity contribution in [1.29, 1.82) is 0 Å². The number of nitrogens with zero attached hydrogens (tertiary/aromatic N) is 3. The number of hydrogen-bond acceptors (Lipinski definition) is 5. The van der Waals surface area contributed by atoms with Gasteiger partial charge in [0.05, 0.1) is 22.5 Å². The first-order chi connectivity index (χ1) is 8.39. The number of aromatic nitrogens is 2. The molecule has 2 N–H and O–H groups in total. The van der Waals surface area contributed by atoms with E-state index in [0.717, 1.165) is 41.5 Å². The van der Waals surface area contributed by atoms with Crippen molar-refractivity contribution >= 4 is 34.4 Å². The van der Waals surface area contributed by atoms with Gasteiger partial charge < -0.3 is 15.4 Å². The lowest BCUT2D eigenvalue weighted by Crippen LogP contribution is -2.38. The van der Waals surface area contributed by atoms with Crippen LogP contribution in [0.5, 0.6) is 0 Å². The molecule has 0 saturated carbocycles. The molecule has 100 valence electrons. The Morgan fingerprint density at radius 3 is 2.39 bits per heavy atom. The first-order valence-corrected chi connectivity index (χ1v) is 7.13. The third kappa shape index (κ3) is 2.85. The van der Waals surface area contributed by atoms with Gasteiger partial charge in [-0.1, -0.05) is 20.8 Å². The minimum atomic E-state index is -0.0331. The second kappa shape index (κ2) is 5.16. The molecule has 2 rings (SSSR count). The van der Waals surface area contributed by atoms with Crippen molar-refractivity contribution in [3.05, 3.63) is 9.26 Å². The Morgan fingerprint density at radius 2 is 1.83 bits per heavy atom. The first-order valence-electron chi connectivity index (χ1n) is 6.06. The van der Waals surface area contributed by atoms with Crippen LogP contribution in [-0.2, 0) is 10.2 Å². The van der Waals surface area contributed by atoms with E-state index < -0.39 is 0 Å². The Bertz CT molecular complexity index is 438. The highest BCUT2D eigenvalue weighted by Crippen LogP contribution is 2.29. The molecule has 18 heavy (non-hydrogen) atoms. The third-order valence-electron chi connectivity index (χ3n) is 2.87. The summed E-state index contributed by atoms with van der Waals surface area (Å²) in [6, 6.07) is 0. The molecule has 1 fully saturated rings. The SMILES string of the molecule is CC(C)(C)c1nc(N2CCOCC2)nc(N)c1I. The van der Waals surface area contributed by atoms with Crippen LogP contribution in [0.2, 0.25) is 0 Å². The molecular weight excluding hydrogens is 343 g/mol. The third-order valence-corrected chi connectivity index (χ3v) is 3.93. The standard InChI is InChI=1S/C12H19IN4O/c1-12(2,3)9-8(13)10(14)16-11(15-9)17-4-6-18-7-5-17/h4-7H2,1-3H3,(H2,14,15,16). The molecule has 0 radical (unpaired) electrons. The summed E-state index contributed by atoms with van der Waals surface area (Å²) >= 11 is 2.22. The van der Waals surface area contributed by atoms with E-state index in [1.165, 1.54) is 0 Å². The smallest absolute Gasteiger partial charge is 0.227 e. The molecule has 1 aliphatic heterocycles. The highest BCUT2D eigenvalue weighted by Gasteiger charge is 2.24. The lowest BCUT2D eigenvalue weighted by atomic mass is 9.92. The van der Waals surface area contributed by atoms with Crippen LogP contribution in [0.3, 0.4) is 0 Å². The molecule has 6 heteroatoms. The Labute approximate surface area is 121 Å². The minimum Gasteiger partial charge on any atom is -0.383 e. The van der Waals surface area contributed by atoms with Gasteiger partial charge in [-0.05, 0) is 22.6 Å². The Kier molecular flexibility index (Phi) is 3.96. The van der Waals surface area contributed by atoms with Gasteiger partial charge in [-0.3, -0.25) is 0 Å². The van der Waals surface area contributed by atoms with Crippen molar-refractivity contribution in [3.8, 4) is 0 Å². The number of hydrogen-bond donors (Lipinski definition) is 1. The van der Waals surface area contributed by atoms with Gasteiger partial charge in [0.25, 0.3) is 0 Å². The number of anilines is 2. The minimum absolute atomic E-state index is 0.0331. The summed E-state index contributed by atoms with van der Waals surface area (Å²) in [5, 5.41) is 0. The molecule has 0 unspecified atom stereocenters. The fourth-order valence-corrected chi connectivity index (χ4v) is 2.90. The number of nitrogen functional groups attached to an aromatic ring is 1. The molecule has 1 aliphatic rings. The molecule has 0 bridgehead atoms. The van der Waals surface area contributed by atoms with Gasteiger partial charge in [-0.15, -0.1) is 0 Å². The van der Waals surface area contributed by atoms with Gasteiger partial charge in [-0.2, -0.15) is 4.98 Å². The highest BCUT2D eigenvalue weighted by molar-refractivity contribution is 14.1. The normalized spacial score (nSPS) is 17.0. The largest absolute Gasteiger partial charge is 0.383 e. The Morgan fingerprint density at radius 1 is 1.22 bits per heavy atom. The van der Waals surface area contributed by atoms with Crippen LogP contribution in [0.4, 0.5) is 11.8 Å². The zero-order valence-electron chi connectivity index (χ0n) is 11.0. The van der Waals surface area contributed by atoms with Crippen LogP contribution < -0.4 is 10.6 Å². The zero-order valence-corrected chi connectivity index (χ0v) is 13.2. The molecule has 0 atom stereocenters. The molecule has 0 aliphatic carbocycles. The number of ether oxygens (including phenoxy) is 1. The molecule has 1 aromatic heterocycles. The van der Waals surface area contributed by atoms with Gasteiger partial charge in [0.1, 0.15) is 5.82 Å². The van der Waals surface area contributed by atoms with Crippen molar-refractivity contribution < 1.29 is 4.74 Å². The average Bonchev–Trinajstić information content (AvgIpc) is 2.32. The van der Waals surface area contributed by atoms with Crippen molar-refractivity contribution in [2.45, 2.75) is 26.2 Å². The second-order valence-corrected chi connectivity index (χ2v) is 6.50. The van der Waals surface area contributed by atoms with E-state index >= 15 is 0 Å². The lowest BCUT2D eigenvalue weighted by Gasteiger charge is -2.29. The quantitative estimate of drug-likeness (QED) is 0.772. The molecule has 1 aromatic rings. The van der Waals surface area contributed by atoms with Crippen molar-refractivity contribution in [2.24, 2.45) is 0 Å².